The molecule has 45 nitrogen and oxygen atoms in total. The van der Waals surface area contributed by atoms with E-state index in [9.17, 15) is 61.6 Å². The van der Waals surface area contributed by atoms with Crippen LogP contribution in [-0.2, 0) is 149 Å². The van der Waals surface area contributed by atoms with E-state index < -0.39 is 132 Å². The van der Waals surface area contributed by atoms with Crippen molar-refractivity contribution in [1.29, 1.82) is 0 Å². The molecule has 19 N–H and O–H groups in total. The van der Waals surface area contributed by atoms with Crippen LogP contribution >= 0.6 is 7.60 Å². The third kappa shape index (κ3) is 25.8. The summed E-state index contributed by atoms with van der Waals surface area (Å²) in [5.74, 6) is -3.46. The topological polar surface area (TPSA) is 698 Å². The van der Waals surface area contributed by atoms with Gasteiger partial charge in [-0.15, -0.1) is 10.2 Å². The summed E-state index contributed by atoms with van der Waals surface area (Å²) in [6, 6.07) is 6.22. The van der Waals surface area contributed by atoms with Crippen molar-refractivity contribution >= 4 is 97.3 Å². The Balaban J connectivity index is 0.000000332. The smallest absolute Gasteiger partial charge is 0.327 e. The summed E-state index contributed by atoms with van der Waals surface area (Å²) in [5, 5.41) is 97.2. The maximum Gasteiger partial charge on any atom is 0.327 e. The van der Waals surface area contributed by atoms with Crippen molar-refractivity contribution in [2.45, 2.75) is 106 Å². The van der Waals surface area contributed by atoms with E-state index in [0.29, 0.717) is 45.6 Å². The number of anilines is 3. The number of nitrogens with zero attached hydrogens (tertiary/aromatic N) is 15. The van der Waals surface area contributed by atoms with Gasteiger partial charge in [0.15, 0.2) is 64.8 Å². The summed E-state index contributed by atoms with van der Waals surface area (Å²) in [6.45, 7) is 3.91. The van der Waals surface area contributed by atoms with Crippen LogP contribution < -0.4 is 17.2 Å². The molecule has 0 saturated carbocycles. The van der Waals surface area contributed by atoms with Crippen LogP contribution in [0.4, 0.5) is 17.5 Å². The molecule has 1 aromatic carbocycles. The van der Waals surface area contributed by atoms with E-state index in [1.165, 1.54) is 63.8 Å². The van der Waals surface area contributed by atoms with Gasteiger partial charge < -0.3 is 110 Å². The molecule has 0 spiro atoms. The van der Waals surface area contributed by atoms with Gasteiger partial charge in [-0.1, -0.05) is 34.4 Å². The van der Waals surface area contributed by atoms with Crippen LogP contribution in [0.2, 0.25) is 0 Å². The predicted octanol–water partition coefficient (Wildman–Crippen LogP) is -4.14. The number of aryl methyl sites for hydroxylation is 1. The van der Waals surface area contributed by atoms with Crippen LogP contribution in [0.1, 0.15) is 43.9 Å². The van der Waals surface area contributed by atoms with Crippen LogP contribution in [0.25, 0.3) is 33.5 Å². The van der Waals surface area contributed by atoms with Crippen molar-refractivity contribution in [1.82, 2.24) is 79.2 Å². The number of carboxylic acid groups (broad SMARTS) is 3. The average Bonchev–Trinajstić information content (AvgIpc) is 1.64. The number of aromatic nitrogens is 16. The Bertz CT molecular complexity index is 4070. The minimum Gasteiger partial charge on any atom is -0.553 e. The van der Waals surface area contributed by atoms with E-state index in [0.717, 1.165) is 19.4 Å². The van der Waals surface area contributed by atoms with Crippen molar-refractivity contribution in [3.05, 3.63) is 80.7 Å². The number of carbonyl (C=O) groups is 3. The average molecular weight is 1610 g/mol. The number of benzene rings is 1. The third-order valence-electron chi connectivity index (χ3n) is 12.9. The second-order valence-corrected chi connectivity index (χ2v) is 24.4. The molecule has 3 saturated heterocycles. The zero-order valence-corrected chi connectivity index (χ0v) is 60.4. The summed E-state index contributed by atoms with van der Waals surface area (Å²) in [6.07, 6.45) is -3.87. The first-order chi connectivity index (χ1) is 45.5. The number of aliphatic hydroxyl groups excluding tert-OH is 6. The first-order valence-electron chi connectivity index (χ1n) is 27.4. The molecule has 0 amide bonds. The number of ether oxygens (including phenoxy) is 6. The van der Waals surface area contributed by atoms with Crippen molar-refractivity contribution in [2.75, 3.05) is 56.0 Å². The number of imidazole rings is 3. The number of nitrogens with two attached hydrogens (primary N) is 3. The molecule has 12 atom stereocenters. The van der Waals surface area contributed by atoms with Gasteiger partial charge in [-0.25, -0.2) is 52.0 Å². The number of H-pyrrole nitrogens is 1. The quantitative estimate of drug-likeness (QED) is 0.0103. The number of aliphatic carboxylic acids is 3. The SMILES string of the molecule is CC(=O)O.CC(C(=O)O)C(=O)O.CS(=O)(=O)O.Cc1nn[nH]n1.Nc1ncnc2c1ncn2[C@@H]1OC(COCCP(=O)(O)O)[C@@H](O)[C@H]1O.Nc1ncnc2c1ncn2[C@@H]1OC(COCc2ccc([S-](=O)=O)cc2)[C@@H](O)[C@H]1O.[CH2-]OCC1O[C@@H](n2cnc3c(N)ncnc32)[C@H](O)[C@@H]1O.[Y].[Y]. The molecule has 11 rings (SSSR count). The summed E-state index contributed by atoms with van der Waals surface area (Å²) in [7, 11) is -6.87. The van der Waals surface area contributed by atoms with Gasteiger partial charge in [0.2, 0.25) is 0 Å². The van der Waals surface area contributed by atoms with Gasteiger partial charge in [-0.05, 0) is 30.1 Å². The number of nitrogen functional groups attached to an aromatic ring is 3. The summed E-state index contributed by atoms with van der Waals surface area (Å²) < 4.78 is 95.2. The summed E-state index contributed by atoms with van der Waals surface area (Å²) in [5.41, 5.74) is 20.2. The minimum atomic E-state index is -4.15. The third-order valence-corrected chi connectivity index (χ3v) is 14.4. The van der Waals surface area contributed by atoms with E-state index in [4.69, 9.17) is 80.1 Å². The van der Waals surface area contributed by atoms with Crippen LogP contribution in [0.3, 0.4) is 0 Å². The maximum atomic E-state index is 10.9. The van der Waals surface area contributed by atoms with Gasteiger partial charge in [-0.3, -0.25) is 37.2 Å². The molecule has 8 aromatic rings. The maximum absolute atomic E-state index is 10.9. The largest absolute Gasteiger partial charge is 0.553 e. The minimum absolute atomic E-state index is 0. The zero-order chi connectivity index (χ0) is 72.2. The first-order valence-corrected chi connectivity index (χ1v) is 32.1. The van der Waals surface area contributed by atoms with Crippen LogP contribution in [-0.4, -0.2) is 260 Å². The standard InChI is InChI=1S/C17H18N5O6S.C12H18N5O7P.C11H14N5O4.C4H6O4.C2H4N4.C2H4O2.CH4O3S.2Y/c18-15-12-16(20-7-19-15)22(8-21-12)17-14(24)13(23)11(28-17)6-27-5-9-1-3-10(4-2-9)29(25)26;13-10-7-11(15-4-14-10)17(5-16-7)12-9(19)8(18)6(24-12)3-23-1-2-25(20,21)22;1-19-2-5-7(17)8(18)11(20-5)16-4-15-6-9(12)13-3-14-10(6)16;1-2(3(5)6)4(7)8;1-2-3-5-6-4-2;1-2(3)4;1-5(2,3)4;;/h1-4,7-8,11,13-14,17,23-24H,5-6H2,(H2,18,19,20);4-6,8-9,12,18-19H,1-3H2,(H2,13,14,15)(H2,20,21,22);3-5,7-8,11,17-18H,1-2H2,(H2,12,13,14);2H,1H3,(H,5,6)(H,7,8);1H3,(H,3,4,5,6);1H3,(H,3,4);1H3,(H,2,3,4);;/q-1;;-1;;;;;;/t11?,13-,14-,17-;6?,8-,9-,12-;5?,7-,8-,11-;;;;;;/m111....../s1. The van der Waals surface area contributed by atoms with E-state index in [2.05, 4.69) is 72.6 Å². The summed E-state index contributed by atoms with van der Waals surface area (Å²) in [4.78, 5) is 82.3. The van der Waals surface area contributed by atoms with Crippen LogP contribution in [0.15, 0.2) is 67.1 Å². The Morgan fingerprint density at radius 3 is 1.29 bits per heavy atom. The number of hydrogen-bond donors (Lipinski definition) is 16. The van der Waals surface area contributed by atoms with Crippen molar-refractivity contribution in [3.8, 4) is 0 Å². The Kier molecular flexibility index (Phi) is 35.2. The molecule has 3 unspecified atom stereocenters. The fourth-order valence-electron chi connectivity index (χ4n) is 8.27. The molecule has 3 aliphatic heterocycles. The van der Waals surface area contributed by atoms with E-state index >= 15 is 0 Å². The van der Waals surface area contributed by atoms with Gasteiger partial charge in [0.25, 0.3) is 16.1 Å². The molecule has 2 radical (unpaired) electrons. The second-order valence-electron chi connectivity index (χ2n) is 20.2. The van der Waals surface area contributed by atoms with E-state index in [-0.39, 0.29) is 121 Å². The Morgan fingerprint density at radius 1 is 0.657 bits per heavy atom. The fraction of sp³-hybridized carbons (Fsp3) is 0.469. The Hall–Kier alpha value is -6.51. The predicted molar refractivity (Wildman–Crippen MR) is 323 cm³/mol. The molecule has 3 fully saturated rings. The van der Waals surface area contributed by atoms with Crippen LogP contribution in [0.5, 0.6) is 0 Å². The molecule has 0 aliphatic carbocycles. The van der Waals surface area contributed by atoms with E-state index in [1.807, 2.05) is 0 Å². The second kappa shape index (κ2) is 40.2. The number of carboxylic acids is 3. The number of fused-ring (bicyclic) bond motifs is 3. The van der Waals surface area contributed by atoms with Crippen LogP contribution in [0, 0.1) is 20.0 Å². The molecule has 7 aromatic heterocycles. The Morgan fingerprint density at radius 2 is 1.01 bits per heavy atom. The molecule has 3 aliphatic rings. The van der Waals surface area contributed by atoms with Gasteiger partial charge in [0.1, 0.15) is 90.5 Å². The number of hydrogen-bond acceptors (Lipinski definition) is 36. The van der Waals surface area contributed by atoms with Crippen molar-refractivity contribution < 1.29 is 190 Å². The molecular formula is C49H68N19O26PS2Y2-2. The number of nitrogens with one attached hydrogen (secondary N) is 1. The van der Waals surface area contributed by atoms with Gasteiger partial charge in [-0.2, -0.15) is 13.6 Å². The normalized spacial score (nSPS) is 22.3. The van der Waals surface area contributed by atoms with Gasteiger partial charge in [0, 0.05) is 78.9 Å². The summed E-state index contributed by atoms with van der Waals surface area (Å²) >= 11 is 0. The molecule has 99 heavy (non-hydrogen) atoms. The monoisotopic (exact) mass is 1610 g/mol. The molecule has 10 heterocycles. The molecule has 50 heteroatoms. The van der Waals surface area contributed by atoms with E-state index in [1.54, 1.807) is 19.1 Å². The van der Waals surface area contributed by atoms with Gasteiger partial charge >= 0.3 is 19.5 Å². The molecule has 0 bridgehead atoms. The number of aliphatic hydroxyl groups is 6. The zero-order valence-electron chi connectivity index (χ0n) is 52.2. The van der Waals surface area contributed by atoms with Gasteiger partial charge in [0.05, 0.1) is 57.8 Å². The first kappa shape index (κ1) is 86.7. The Labute approximate surface area is 610 Å². The number of aromatic amines is 1. The van der Waals surface area contributed by atoms with Crippen molar-refractivity contribution in [2.24, 2.45) is 5.92 Å². The number of tetrazole rings is 1. The fourth-order valence-corrected chi connectivity index (χ4v) is 8.99. The molecule has 540 valence electrons. The number of rotatable bonds is 17. The molecular weight excluding hydrogens is 1540 g/mol. The van der Waals surface area contributed by atoms with Crippen molar-refractivity contribution in [3.63, 3.8) is 0 Å².